The molecular weight excluding hydrogens is 542 g/mol. The van der Waals surface area contributed by atoms with Gasteiger partial charge in [-0.15, -0.1) is 0 Å². The molecule has 0 unspecified atom stereocenters. The Bertz CT molecular complexity index is 1220. The molecule has 0 bridgehead atoms. The number of piperazine rings is 1. The molecule has 2 aliphatic heterocycles. The van der Waals surface area contributed by atoms with E-state index < -0.39 is 5.92 Å². The maximum atomic E-state index is 15.1. The molecule has 0 spiro atoms. The van der Waals surface area contributed by atoms with E-state index in [1.54, 1.807) is 19.1 Å². The average molecular weight is 578 g/mol. The van der Waals surface area contributed by atoms with Gasteiger partial charge in [0, 0.05) is 62.6 Å². The molecule has 0 radical (unpaired) electrons. The quantitative estimate of drug-likeness (QED) is 0.365. The fourth-order valence-corrected chi connectivity index (χ4v) is 5.88. The first-order valence-corrected chi connectivity index (χ1v) is 14.0. The Balaban J connectivity index is 1.36. The van der Waals surface area contributed by atoms with E-state index in [1.807, 2.05) is 6.92 Å². The fourth-order valence-electron chi connectivity index (χ4n) is 5.44. The predicted molar refractivity (Wildman–Crippen MR) is 148 cm³/mol. The minimum Gasteiger partial charge on any atom is -0.383 e. The highest BCUT2D eigenvalue weighted by Crippen LogP contribution is 2.39. The van der Waals surface area contributed by atoms with Crippen LogP contribution in [0.1, 0.15) is 43.7 Å². The van der Waals surface area contributed by atoms with Crippen molar-refractivity contribution in [2.45, 2.75) is 45.5 Å². The molecule has 3 aromatic rings. The summed E-state index contributed by atoms with van der Waals surface area (Å²) in [5.74, 6) is -2.03. The van der Waals surface area contributed by atoms with Crippen molar-refractivity contribution in [1.82, 2.24) is 25.1 Å². The van der Waals surface area contributed by atoms with E-state index in [0.29, 0.717) is 25.2 Å². The summed E-state index contributed by atoms with van der Waals surface area (Å²) in [4.78, 5) is 15.6. The van der Waals surface area contributed by atoms with Crippen LogP contribution in [0, 0.1) is 6.92 Å². The molecule has 0 aliphatic carbocycles. The molecule has 2 aromatic heterocycles. The van der Waals surface area contributed by atoms with Crippen LogP contribution >= 0.6 is 15.9 Å². The lowest BCUT2D eigenvalue weighted by molar-refractivity contribution is -0.0139. The zero-order valence-electron chi connectivity index (χ0n) is 21.5. The van der Waals surface area contributed by atoms with E-state index in [4.69, 9.17) is 0 Å². The Hall–Kier alpha value is -2.53. The molecule has 2 N–H and O–H groups in total. The first-order valence-electron chi connectivity index (χ1n) is 13.2. The van der Waals surface area contributed by atoms with Gasteiger partial charge in [0.25, 0.3) is 5.92 Å². The van der Waals surface area contributed by atoms with Gasteiger partial charge in [-0.3, -0.25) is 5.10 Å². The summed E-state index contributed by atoms with van der Waals surface area (Å²) >= 11 is 3.52. The number of hydrogen-bond donors (Lipinski definition) is 2. The van der Waals surface area contributed by atoms with Crippen LogP contribution in [-0.2, 0) is 5.92 Å². The zero-order valence-corrected chi connectivity index (χ0v) is 23.1. The van der Waals surface area contributed by atoms with Gasteiger partial charge in [0.05, 0.1) is 5.39 Å². The van der Waals surface area contributed by atoms with E-state index >= 15 is 8.78 Å². The zero-order chi connectivity index (χ0) is 26.0. The van der Waals surface area contributed by atoms with E-state index in [2.05, 4.69) is 56.1 Å². The summed E-state index contributed by atoms with van der Waals surface area (Å²) in [6.07, 6.45) is 4.29. The average Bonchev–Trinajstić information content (AvgIpc) is 3.55. The van der Waals surface area contributed by atoms with Crippen LogP contribution in [0.25, 0.3) is 11.0 Å². The summed E-state index contributed by atoms with van der Waals surface area (Å²) in [7, 11) is 0. The topological polar surface area (TPSA) is 76.2 Å². The number of likely N-dealkylation sites (tertiary alicyclic amines) is 1. The summed E-state index contributed by atoms with van der Waals surface area (Å²) in [5.41, 5.74) is 3.43. The molecule has 5 rings (SSSR count). The Labute approximate surface area is 224 Å². The van der Waals surface area contributed by atoms with E-state index in [9.17, 15) is 0 Å². The van der Waals surface area contributed by atoms with E-state index in [0.717, 1.165) is 72.0 Å². The Morgan fingerprint density at radius 3 is 2.51 bits per heavy atom. The van der Waals surface area contributed by atoms with Crippen LogP contribution in [0.15, 0.2) is 23.1 Å². The number of aromatic amines is 1. The van der Waals surface area contributed by atoms with E-state index in [-0.39, 0.29) is 12.0 Å². The molecule has 0 amide bonds. The van der Waals surface area contributed by atoms with Crippen LogP contribution in [0.5, 0.6) is 0 Å². The lowest BCUT2D eigenvalue weighted by Gasteiger charge is -2.38. The SMILES string of the molecule is CCCC(F)(F)c1cc(NCCN2CCCC2)c(C)c(N2CCN(c3ncnc4n[nH]c(Br)c34)CC2)c1. The molecule has 11 heteroatoms. The van der Waals surface area contributed by atoms with Crippen molar-refractivity contribution in [3.63, 3.8) is 0 Å². The third kappa shape index (κ3) is 5.52. The van der Waals surface area contributed by atoms with Gasteiger partial charge in [0.15, 0.2) is 5.65 Å². The van der Waals surface area contributed by atoms with Gasteiger partial charge >= 0.3 is 0 Å². The Morgan fingerprint density at radius 1 is 1.05 bits per heavy atom. The molecule has 200 valence electrons. The number of benzene rings is 1. The van der Waals surface area contributed by atoms with Crippen LogP contribution < -0.4 is 15.1 Å². The molecule has 1 aromatic carbocycles. The maximum Gasteiger partial charge on any atom is 0.273 e. The number of H-pyrrole nitrogens is 1. The molecule has 2 saturated heterocycles. The number of halogens is 3. The second-order valence-electron chi connectivity index (χ2n) is 10.0. The molecular formula is C26H35BrF2N8. The fraction of sp³-hybridized carbons (Fsp3) is 0.577. The largest absolute Gasteiger partial charge is 0.383 e. The van der Waals surface area contributed by atoms with Crippen molar-refractivity contribution in [2.75, 3.05) is 67.5 Å². The Kier molecular flexibility index (Phi) is 7.80. The molecule has 37 heavy (non-hydrogen) atoms. The molecule has 0 saturated carbocycles. The summed E-state index contributed by atoms with van der Waals surface area (Å²) in [6.45, 7) is 10.6. The third-order valence-corrected chi connectivity index (χ3v) is 8.09. The highest BCUT2D eigenvalue weighted by Gasteiger charge is 2.33. The van der Waals surface area contributed by atoms with Crippen molar-refractivity contribution in [3.8, 4) is 0 Å². The number of anilines is 3. The van der Waals surface area contributed by atoms with Gasteiger partial charge in [-0.05, 0) is 66.5 Å². The minimum atomic E-state index is -2.86. The third-order valence-electron chi connectivity index (χ3n) is 7.52. The van der Waals surface area contributed by atoms with Crippen LogP contribution in [0.2, 0.25) is 0 Å². The van der Waals surface area contributed by atoms with Crippen molar-refractivity contribution >= 4 is 44.2 Å². The number of rotatable bonds is 9. The van der Waals surface area contributed by atoms with E-state index in [1.165, 1.54) is 19.2 Å². The van der Waals surface area contributed by atoms with Gasteiger partial charge in [-0.1, -0.05) is 13.3 Å². The van der Waals surface area contributed by atoms with Crippen molar-refractivity contribution in [2.24, 2.45) is 0 Å². The van der Waals surface area contributed by atoms with Gasteiger partial charge in [-0.25, -0.2) is 18.7 Å². The van der Waals surface area contributed by atoms with Crippen molar-refractivity contribution in [1.29, 1.82) is 0 Å². The highest BCUT2D eigenvalue weighted by atomic mass is 79.9. The van der Waals surface area contributed by atoms with Gasteiger partial charge in [0.2, 0.25) is 0 Å². The number of fused-ring (bicyclic) bond motifs is 1. The lowest BCUT2D eigenvalue weighted by atomic mass is 9.98. The lowest BCUT2D eigenvalue weighted by Crippen LogP contribution is -2.47. The smallest absolute Gasteiger partial charge is 0.273 e. The number of nitrogens with zero attached hydrogens (tertiary/aromatic N) is 6. The molecule has 2 aliphatic rings. The summed E-state index contributed by atoms with van der Waals surface area (Å²) < 4.78 is 31.0. The van der Waals surface area contributed by atoms with Crippen LogP contribution in [0.3, 0.4) is 0 Å². The van der Waals surface area contributed by atoms with Gasteiger partial charge in [0.1, 0.15) is 16.7 Å². The molecule has 4 heterocycles. The van der Waals surface area contributed by atoms with Crippen LogP contribution in [-0.4, -0.2) is 77.4 Å². The van der Waals surface area contributed by atoms with Crippen LogP contribution in [0.4, 0.5) is 26.0 Å². The molecule has 0 atom stereocenters. The number of aromatic nitrogens is 4. The number of hydrogen-bond acceptors (Lipinski definition) is 7. The monoisotopic (exact) mass is 576 g/mol. The Morgan fingerprint density at radius 2 is 1.78 bits per heavy atom. The standard InChI is InChI=1S/C26H35BrF2N8/c1-3-6-26(28,29)19-15-20(30-7-10-35-8-4-5-9-35)18(2)21(16-19)36-11-13-37(14-12-36)25-22-23(27)33-34-24(22)31-17-32-25/h15-17,30H,3-14H2,1-2H3,(H,31,32,33,34). The maximum absolute atomic E-state index is 15.1. The predicted octanol–water partition coefficient (Wildman–Crippen LogP) is 5.15. The van der Waals surface area contributed by atoms with Gasteiger partial charge < -0.3 is 20.0 Å². The minimum absolute atomic E-state index is 0.0980. The second-order valence-corrected chi connectivity index (χ2v) is 10.8. The summed E-state index contributed by atoms with van der Waals surface area (Å²) in [5, 5.41) is 11.5. The van der Waals surface area contributed by atoms with Gasteiger partial charge in [-0.2, -0.15) is 5.10 Å². The summed E-state index contributed by atoms with van der Waals surface area (Å²) in [6, 6.07) is 3.38. The van der Waals surface area contributed by atoms with Crippen molar-refractivity contribution < 1.29 is 8.78 Å². The number of alkyl halides is 2. The first kappa shape index (κ1) is 26.1. The molecule has 2 fully saturated rings. The first-order chi connectivity index (χ1) is 17.9. The van der Waals surface area contributed by atoms with Crippen molar-refractivity contribution in [3.05, 3.63) is 34.2 Å². The second kappa shape index (κ2) is 11.1. The number of nitrogens with one attached hydrogen (secondary N) is 2. The highest BCUT2D eigenvalue weighted by molar-refractivity contribution is 9.10. The normalized spacial score (nSPS) is 17.2. The molecule has 8 nitrogen and oxygen atoms in total.